The second-order valence-corrected chi connectivity index (χ2v) is 7.27. The monoisotopic (exact) mass is 400 g/mol. The van der Waals surface area contributed by atoms with Gasteiger partial charge in [0.25, 0.3) is 5.91 Å². The molecule has 2 rings (SSSR count). The standard InChI is InChI=1S/C22H28N2O5/c1-13(2)20(23-21(26)16-9-7-8-10-19(16)28-6)22(27)29-12-18(25)17-11-14(3)24(5)15(17)4/h7-11,13,20H,12H2,1-6H3,(H,23,26)/t20-/m0/s1. The lowest BCUT2D eigenvalue weighted by Crippen LogP contribution is -2.45. The summed E-state index contributed by atoms with van der Waals surface area (Å²) in [6, 6.07) is 7.63. The Labute approximate surface area is 171 Å². The number of aromatic nitrogens is 1. The molecule has 29 heavy (non-hydrogen) atoms. The fraction of sp³-hybridized carbons (Fsp3) is 0.409. The van der Waals surface area contributed by atoms with Crippen LogP contribution in [0.2, 0.25) is 0 Å². The molecule has 0 radical (unpaired) electrons. The van der Waals surface area contributed by atoms with E-state index in [1.807, 2.05) is 25.5 Å². The minimum absolute atomic E-state index is 0.225. The van der Waals surface area contributed by atoms with Gasteiger partial charge in [0.2, 0.25) is 5.78 Å². The van der Waals surface area contributed by atoms with E-state index in [0.717, 1.165) is 11.4 Å². The number of para-hydroxylation sites is 1. The van der Waals surface area contributed by atoms with Crippen LogP contribution in [0.3, 0.4) is 0 Å². The Balaban J connectivity index is 2.06. The largest absolute Gasteiger partial charge is 0.496 e. The molecular formula is C22H28N2O5. The van der Waals surface area contributed by atoms with Crippen molar-refractivity contribution < 1.29 is 23.9 Å². The molecule has 1 aromatic heterocycles. The minimum Gasteiger partial charge on any atom is -0.496 e. The molecule has 0 spiro atoms. The number of nitrogens with zero attached hydrogens (tertiary/aromatic N) is 1. The third-order valence-electron chi connectivity index (χ3n) is 4.98. The van der Waals surface area contributed by atoms with E-state index in [2.05, 4.69) is 5.32 Å². The number of benzene rings is 1. The number of hydrogen-bond acceptors (Lipinski definition) is 5. The Bertz CT molecular complexity index is 914. The summed E-state index contributed by atoms with van der Waals surface area (Å²) < 4.78 is 12.3. The average molecular weight is 400 g/mol. The van der Waals surface area contributed by atoms with Crippen molar-refractivity contribution in [2.75, 3.05) is 13.7 Å². The summed E-state index contributed by atoms with van der Waals surface area (Å²) >= 11 is 0. The SMILES string of the molecule is COc1ccccc1C(=O)N[C@H](C(=O)OCC(=O)c1cc(C)n(C)c1C)C(C)C. The van der Waals surface area contributed by atoms with Crippen LogP contribution < -0.4 is 10.1 Å². The van der Waals surface area contributed by atoms with Crippen LogP contribution in [0, 0.1) is 19.8 Å². The molecule has 0 saturated heterocycles. The molecule has 7 heteroatoms. The van der Waals surface area contributed by atoms with Crippen molar-refractivity contribution in [3.63, 3.8) is 0 Å². The zero-order chi connectivity index (χ0) is 21.7. The van der Waals surface area contributed by atoms with Crippen molar-refractivity contribution in [3.8, 4) is 5.75 Å². The summed E-state index contributed by atoms with van der Waals surface area (Å²) in [6.07, 6.45) is 0. The Morgan fingerprint density at radius 2 is 1.76 bits per heavy atom. The molecular weight excluding hydrogens is 372 g/mol. The summed E-state index contributed by atoms with van der Waals surface area (Å²) in [5, 5.41) is 2.69. The number of aryl methyl sites for hydroxylation is 1. The van der Waals surface area contributed by atoms with E-state index in [4.69, 9.17) is 9.47 Å². The fourth-order valence-corrected chi connectivity index (χ4v) is 2.99. The van der Waals surface area contributed by atoms with Crippen LogP contribution >= 0.6 is 0 Å². The molecule has 1 heterocycles. The molecule has 0 saturated carbocycles. The quantitative estimate of drug-likeness (QED) is 0.544. The minimum atomic E-state index is -0.890. The summed E-state index contributed by atoms with van der Waals surface area (Å²) in [5.41, 5.74) is 2.60. The van der Waals surface area contributed by atoms with Gasteiger partial charge >= 0.3 is 5.97 Å². The van der Waals surface area contributed by atoms with Crippen molar-refractivity contribution in [1.82, 2.24) is 9.88 Å². The van der Waals surface area contributed by atoms with Gasteiger partial charge in [0.1, 0.15) is 11.8 Å². The highest BCUT2D eigenvalue weighted by Crippen LogP contribution is 2.18. The van der Waals surface area contributed by atoms with Crippen LogP contribution in [-0.2, 0) is 16.6 Å². The first-order valence-corrected chi connectivity index (χ1v) is 9.44. The Morgan fingerprint density at radius 3 is 2.31 bits per heavy atom. The van der Waals surface area contributed by atoms with Gasteiger partial charge in [0, 0.05) is 24.0 Å². The van der Waals surface area contributed by atoms with E-state index < -0.39 is 17.9 Å². The normalized spacial score (nSPS) is 11.8. The summed E-state index contributed by atoms with van der Waals surface area (Å²) in [6.45, 7) is 6.95. The lowest BCUT2D eigenvalue weighted by atomic mass is 10.0. The highest BCUT2D eigenvalue weighted by Gasteiger charge is 2.28. The van der Waals surface area contributed by atoms with E-state index in [9.17, 15) is 14.4 Å². The first-order chi connectivity index (χ1) is 13.7. The molecule has 0 unspecified atom stereocenters. The van der Waals surface area contributed by atoms with E-state index in [1.165, 1.54) is 7.11 Å². The van der Waals surface area contributed by atoms with Crippen LogP contribution in [0.1, 0.15) is 46.0 Å². The molecule has 0 aliphatic rings. The summed E-state index contributed by atoms with van der Waals surface area (Å²) in [7, 11) is 3.34. The van der Waals surface area contributed by atoms with Gasteiger partial charge in [-0.25, -0.2) is 4.79 Å². The zero-order valence-electron chi connectivity index (χ0n) is 17.7. The molecule has 1 amide bonds. The first-order valence-electron chi connectivity index (χ1n) is 9.44. The third-order valence-corrected chi connectivity index (χ3v) is 4.98. The van der Waals surface area contributed by atoms with E-state index >= 15 is 0 Å². The summed E-state index contributed by atoms with van der Waals surface area (Å²) in [5.74, 6) is -1.19. The predicted octanol–water partition coefficient (Wildman–Crippen LogP) is 2.83. The first kappa shape index (κ1) is 22.2. The average Bonchev–Trinajstić information content (AvgIpc) is 2.96. The van der Waals surface area contributed by atoms with Gasteiger partial charge < -0.3 is 19.4 Å². The molecule has 0 aliphatic heterocycles. The van der Waals surface area contributed by atoms with Crippen LogP contribution in [0.15, 0.2) is 30.3 Å². The molecule has 1 aromatic carbocycles. The van der Waals surface area contributed by atoms with Crippen LogP contribution in [-0.4, -0.2) is 42.0 Å². The molecule has 1 N–H and O–H groups in total. The fourth-order valence-electron chi connectivity index (χ4n) is 2.99. The second kappa shape index (κ2) is 9.41. The number of ketones is 1. The van der Waals surface area contributed by atoms with Gasteiger partial charge in [-0.3, -0.25) is 9.59 Å². The van der Waals surface area contributed by atoms with E-state index in [0.29, 0.717) is 16.9 Å². The van der Waals surface area contributed by atoms with Crippen molar-refractivity contribution in [3.05, 3.63) is 52.8 Å². The van der Waals surface area contributed by atoms with Gasteiger partial charge in [-0.1, -0.05) is 26.0 Å². The number of carbonyl (C=O) groups is 3. The number of esters is 1. The maximum atomic E-state index is 12.6. The van der Waals surface area contributed by atoms with Crippen molar-refractivity contribution in [2.24, 2.45) is 13.0 Å². The number of rotatable bonds is 8. The molecule has 0 bridgehead atoms. The van der Waals surface area contributed by atoms with Gasteiger partial charge in [0.05, 0.1) is 12.7 Å². The van der Waals surface area contributed by atoms with Crippen molar-refractivity contribution in [2.45, 2.75) is 33.7 Å². The maximum absolute atomic E-state index is 12.6. The Kier molecular flexibility index (Phi) is 7.20. The number of carbonyl (C=O) groups excluding carboxylic acids is 3. The number of amides is 1. The Morgan fingerprint density at radius 1 is 1.10 bits per heavy atom. The maximum Gasteiger partial charge on any atom is 0.329 e. The number of Topliss-reactive ketones (excluding diaryl/α,β-unsaturated/α-hetero) is 1. The summed E-state index contributed by atoms with van der Waals surface area (Å²) in [4.78, 5) is 37.7. The zero-order valence-corrected chi connectivity index (χ0v) is 17.7. The van der Waals surface area contributed by atoms with E-state index in [1.54, 1.807) is 44.2 Å². The highest BCUT2D eigenvalue weighted by atomic mass is 16.5. The second-order valence-electron chi connectivity index (χ2n) is 7.27. The van der Waals surface area contributed by atoms with Gasteiger partial charge in [0.15, 0.2) is 6.61 Å². The van der Waals surface area contributed by atoms with Crippen LogP contribution in [0.5, 0.6) is 5.75 Å². The molecule has 1 atom stereocenters. The number of methoxy groups -OCH3 is 1. The van der Waals surface area contributed by atoms with Crippen molar-refractivity contribution in [1.29, 1.82) is 0 Å². The smallest absolute Gasteiger partial charge is 0.329 e. The van der Waals surface area contributed by atoms with Crippen molar-refractivity contribution >= 4 is 17.7 Å². The Hall–Kier alpha value is -3.09. The third kappa shape index (κ3) is 5.04. The van der Waals surface area contributed by atoms with Gasteiger partial charge in [-0.2, -0.15) is 0 Å². The van der Waals surface area contributed by atoms with Gasteiger partial charge in [-0.05, 0) is 38.0 Å². The number of hydrogen-bond donors (Lipinski definition) is 1. The number of nitrogens with one attached hydrogen (secondary N) is 1. The predicted molar refractivity (Wildman–Crippen MR) is 109 cm³/mol. The molecule has 2 aromatic rings. The molecule has 0 fully saturated rings. The van der Waals surface area contributed by atoms with E-state index in [-0.39, 0.29) is 18.3 Å². The number of ether oxygens (including phenoxy) is 2. The molecule has 0 aliphatic carbocycles. The lowest BCUT2D eigenvalue weighted by Gasteiger charge is -2.21. The van der Waals surface area contributed by atoms with Crippen LogP contribution in [0.25, 0.3) is 0 Å². The topological polar surface area (TPSA) is 86.6 Å². The lowest BCUT2D eigenvalue weighted by molar-refractivity contribution is -0.145. The molecule has 7 nitrogen and oxygen atoms in total. The van der Waals surface area contributed by atoms with Crippen LogP contribution in [0.4, 0.5) is 0 Å². The van der Waals surface area contributed by atoms with Gasteiger partial charge in [-0.15, -0.1) is 0 Å². The highest BCUT2D eigenvalue weighted by molar-refractivity contribution is 6.01. The molecule has 156 valence electrons.